The maximum atomic E-state index is 4.59. The van der Waals surface area contributed by atoms with Gasteiger partial charge in [-0.25, -0.2) is 4.98 Å². The van der Waals surface area contributed by atoms with Gasteiger partial charge in [-0.1, -0.05) is 42.5 Å². The molecule has 4 rings (SSSR count). The van der Waals surface area contributed by atoms with Crippen LogP contribution in [0.5, 0.6) is 0 Å². The molecule has 0 spiro atoms. The molecule has 0 saturated carbocycles. The highest BCUT2D eigenvalue weighted by Gasteiger charge is 2.15. The second-order valence-corrected chi connectivity index (χ2v) is 7.48. The molecule has 0 unspecified atom stereocenters. The normalized spacial score (nSPS) is 16.6. The summed E-state index contributed by atoms with van der Waals surface area (Å²) in [5, 5.41) is 6.31. The molecule has 1 aliphatic rings. The number of nitrogens with one attached hydrogen (secondary N) is 1. The zero-order valence-electron chi connectivity index (χ0n) is 16.2. The molecule has 0 aliphatic carbocycles. The van der Waals surface area contributed by atoms with Crippen LogP contribution < -0.4 is 10.2 Å². The number of pyridine rings is 1. The minimum absolute atomic E-state index is 0.288. The smallest absolute Gasteiger partial charge is 0.128 e. The lowest BCUT2D eigenvalue weighted by Gasteiger charge is -2.33. The van der Waals surface area contributed by atoms with E-state index in [4.69, 9.17) is 0 Å². The van der Waals surface area contributed by atoms with E-state index in [1.165, 1.54) is 21.9 Å². The largest absolute Gasteiger partial charge is 0.354 e. The number of benzene rings is 2. The standard InChI is InChI=1S/C23H28N4/c1-18(21-9-5-7-20-6-3-4-8-22(20)21)25-17-19-10-11-24-23(16-19)27-14-12-26(2)13-15-27/h3-11,16,18,25H,12-15,17H2,1-2H3/t18-/m1/s1. The lowest BCUT2D eigenvalue weighted by molar-refractivity contribution is 0.312. The zero-order valence-corrected chi connectivity index (χ0v) is 16.2. The molecule has 0 radical (unpaired) electrons. The van der Waals surface area contributed by atoms with Crippen LogP contribution in [0.4, 0.5) is 5.82 Å². The van der Waals surface area contributed by atoms with Crippen molar-refractivity contribution in [3.05, 3.63) is 71.9 Å². The molecule has 3 aromatic rings. The Bertz CT molecular complexity index is 894. The molecule has 4 heteroatoms. The molecule has 1 atom stereocenters. The Balaban J connectivity index is 1.44. The molecule has 27 heavy (non-hydrogen) atoms. The fourth-order valence-electron chi connectivity index (χ4n) is 3.79. The maximum Gasteiger partial charge on any atom is 0.128 e. The fraction of sp³-hybridized carbons (Fsp3) is 0.348. The molecule has 1 aromatic heterocycles. The van der Waals surface area contributed by atoms with E-state index in [1.807, 2.05) is 6.20 Å². The van der Waals surface area contributed by atoms with Gasteiger partial charge >= 0.3 is 0 Å². The Morgan fingerprint density at radius 2 is 1.78 bits per heavy atom. The summed E-state index contributed by atoms with van der Waals surface area (Å²) in [7, 11) is 2.18. The average Bonchev–Trinajstić information content (AvgIpc) is 2.72. The van der Waals surface area contributed by atoms with Gasteiger partial charge in [0.1, 0.15) is 5.82 Å². The number of fused-ring (bicyclic) bond motifs is 1. The van der Waals surface area contributed by atoms with Gasteiger partial charge in [-0.15, -0.1) is 0 Å². The first-order valence-corrected chi connectivity index (χ1v) is 9.80. The lowest BCUT2D eigenvalue weighted by Crippen LogP contribution is -2.44. The van der Waals surface area contributed by atoms with Crippen LogP contribution in [0.25, 0.3) is 10.8 Å². The highest BCUT2D eigenvalue weighted by atomic mass is 15.3. The molecule has 1 fully saturated rings. The van der Waals surface area contributed by atoms with Crippen molar-refractivity contribution in [3.63, 3.8) is 0 Å². The summed E-state index contributed by atoms with van der Waals surface area (Å²) in [6.45, 7) is 7.38. The third-order valence-electron chi connectivity index (χ3n) is 5.54. The number of likely N-dealkylation sites (N-methyl/N-ethyl adjacent to an activating group) is 1. The Morgan fingerprint density at radius 1 is 1.00 bits per heavy atom. The Hall–Kier alpha value is -2.43. The number of hydrogen-bond acceptors (Lipinski definition) is 4. The van der Waals surface area contributed by atoms with Gasteiger partial charge in [0.05, 0.1) is 0 Å². The summed E-state index contributed by atoms with van der Waals surface area (Å²) < 4.78 is 0. The van der Waals surface area contributed by atoms with E-state index in [-0.39, 0.29) is 6.04 Å². The third kappa shape index (κ3) is 4.12. The van der Waals surface area contributed by atoms with E-state index in [1.54, 1.807) is 0 Å². The molecular weight excluding hydrogens is 332 g/mol. The number of anilines is 1. The van der Waals surface area contributed by atoms with Crippen LogP contribution in [-0.2, 0) is 6.54 Å². The van der Waals surface area contributed by atoms with Gasteiger partial charge in [-0.05, 0) is 48.0 Å². The molecule has 1 saturated heterocycles. The summed E-state index contributed by atoms with van der Waals surface area (Å²) in [5.41, 5.74) is 2.63. The minimum Gasteiger partial charge on any atom is -0.354 e. The van der Waals surface area contributed by atoms with Gasteiger partial charge in [-0.2, -0.15) is 0 Å². The van der Waals surface area contributed by atoms with E-state index in [0.29, 0.717) is 0 Å². The predicted molar refractivity (Wildman–Crippen MR) is 113 cm³/mol. The first-order valence-electron chi connectivity index (χ1n) is 9.80. The molecule has 2 aromatic carbocycles. The van der Waals surface area contributed by atoms with Gasteiger partial charge in [0.25, 0.3) is 0 Å². The Kier molecular flexibility index (Phi) is 5.37. The lowest BCUT2D eigenvalue weighted by atomic mass is 9.99. The summed E-state index contributed by atoms with van der Waals surface area (Å²) in [5.74, 6) is 1.10. The molecule has 2 heterocycles. The van der Waals surface area contributed by atoms with Gasteiger partial charge in [-0.3, -0.25) is 0 Å². The molecule has 4 nitrogen and oxygen atoms in total. The summed E-state index contributed by atoms with van der Waals surface area (Å²) in [6.07, 6.45) is 1.94. The molecule has 140 valence electrons. The molecule has 0 amide bonds. The summed E-state index contributed by atoms with van der Waals surface area (Å²) in [6, 6.07) is 19.8. The van der Waals surface area contributed by atoms with Crippen molar-refractivity contribution in [2.45, 2.75) is 19.5 Å². The zero-order chi connectivity index (χ0) is 18.6. The Morgan fingerprint density at radius 3 is 2.63 bits per heavy atom. The van der Waals surface area contributed by atoms with Crippen LogP contribution in [0.2, 0.25) is 0 Å². The summed E-state index contributed by atoms with van der Waals surface area (Å²) in [4.78, 5) is 9.35. The van der Waals surface area contributed by atoms with Crippen LogP contribution in [0.1, 0.15) is 24.1 Å². The third-order valence-corrected chi connectivity index (χ3v) is 5.54. The van der Waals surface area contributed by atoms with Gasteiger partial charge < -0.3 is 15.1 Å². The maximum absolute atomic E-state index is 4.59. The van der Waals surface area contributed by atoms with Crippen LogP contribution >= 0.6 is 0 Å². The number of piperazine rings is 1. The molecule has 1 aliphatic heterocycles. The molecule has 0 bridgehead atoms. The summed E-state index contributed by atoms with van der Waals surface area (Å²) >= 11 is 0. The average molecular weight is 361 g/mol. The highest BCUT2D eigenvalue weighted by Crippen LogP contribution is 2.24. The predicted octanol–water partition coefficient (Wildman–Crippen LogP) is 3.84. The number of aromatic nitrogens is 1. The van der Waals surface area contributed by atoms with E-state index >= 15 is 0 Å². The van der Waals surface area contributed by atoms with Gasteiger partial charge in [0.15, 0.2) is 0 Å². The van der Waals surface area contributed by atoms with Gasteiger partial charge in [0, 0.05) is 45.0 Å². The first kappa shape index (κ1) is 18.0. The molecule has 1 N–H and O–H groups in total. The van der Waals surface area contributed by atoms with Crippen molar-refractivity contribution < 1.29 is 0 Å². The van der Waals surface area contributed by atoms with Crippen LogP contribution in [0, 0.1) is 0 Å². The SMILES string of the molecule is C[C@@H](NCc1ccnc(N2CCN(C)CC2)c1)c1cccc2ccccc12. The number of rotatable bonds is 5. The van der Waals surface area contributed by atoms with Crippen molar-refractivity contribution in [1.82, 2.24) is 15.2 Å². The van der Waals surface area contributed by atoms with Crippen molar-refractivity contribution in [2.24, 2.45) is 0 Å². The highest BCUT2D eigenvalue weighted by molar-refractivity contribution is 5.86. The minimum atomic E-state index is 0.288. The fourth-order valence-corrected chi connectivity index (χ4v) is 3.79. The van der Waals surface area contributed by atoms with Crippen molar-refractivity contribution >= 4 is 16.6 Å². The van der Waals surface area contributed by atoms with Crippen LogP contribution in [-0.4, -0.2) is 43.1 Å². The van der Waals surface area contributed by atoms with E-state index < -0.39 is 0 Å². The number of nitrogens with zero attached hydrogens (tertiary/aromatic N) is 3. The Labute approximate surface area is 161 Å². The topological polar surface area (TPSA) is 31.4 Å². The van der Waals surface area contributed by atoms with Crippen molar-refractivity contribution in [1.29, 1.82) is 0 Å². The van der Waals surface area contributed by atoms with Crippen LogP contribution in [0.15, 0.2) is 60.8 Å². The quantitative estimate of drug-likeness (QED) is 0.749. The van der Waals surface area contributed by atoms with E-state index in [0.717, 1.165) is 38.5 Å². The van der Waals surface area contributed by atoms with Gasteiger partial charge in [0.2, 0.25) is 0 Å². The first-order chi connectivity index (χ1) is 13.2. The van der Waals surface area contributed by atoms with Crippen LogP contribution in [0.3, 0.4) is 0 Å². The molecular formula is C23H28N4. The monoisotopic (exact) mass is 360 g/mol. The second kappa shape index (κ2) is 8.07. The van der Waals surface area contributed by atoms with E-state index in [9.17, 15) is 0 Å². The van der Waals surface area contributed by atoms with Crippen molar-refractivity contribution in [2.75, 3.05) is 38.1 Å². The second-order valence-electron chi connectivity index (χ2n) is 7.48. The van der Waals surface area contributed by atoms with Crippen molar-refractivity contribution in [3.8, 4) is 0 Å². The van der Waals surface area contributed by atoms with E-state index in [2.05, 4.69) is 88.7 Å². The number of hydrogen-bond donors (Lipinski definition) is 1.